The Kier molecular flexibility index (Phi) is 4.85. The summed E-state index contributed by atoms with van der Waals surface area (Å²) < 4.78 is 5.65. The Hall–Kier alpha value is -3.13. The lowest BCUT2D eigenvalue weighted by atomic mass is 10.0. The molecule has 3 aliphatic rings. The third kappa shape index (κ3) is 3.04. The molecule has 7 nitrogen and oxygen atoms in total. The van der Waals surface area contributed by atoms with Crippen molar-refractivity contribution in [3.63, 3.8) is 0 Å². The molecular formula is C24H22N2O5S. The number of Topliss-reactive ketones (excluding diaryl/α,β-unsaturated/α-hetero) is 1. The van der Waals surface area contributed by atoms with Crippen LogP contribution in [0.4, 0.5) is 11.4 Å². The molecule has 0 aliphatic carbocycles. The number of ketones is 1. The molecule has 2 aromatic carbocycles. The number of carbonyl (C=O) groups excluding carboxylic acids is 4. The molecule has 0 spiro atoms. The fourth-order valence-electron chi connectivity index (χ4n) is 4.70. The van der Waals surface area contributed by atoms with Crippen LogP contribution in [0.2, 0.25) is 0 Å². The summed E-state index contributed by atoms with van der Waals surface area (Å²) in [6, 6.07) is 12.6. The molecule has 0 saturated carbocycles. The molecule has 2 amide bonds. The molecule has 2 atom stereocenters. The highest BCUT2D eigenvalue weighted by molar-refractivity contribution is 8.02. The van der Waals surface area contributed by atoms with Crippen LogP contribution >= 0.6 is 11.8 Å². The molecule has 5 rings (SSSR count). The maximum absolute atomic E-state index is 13.3. The summed E-state index contributed by atoms with van der Waals surface area (Å²) in [6.07, 6.45) is 0.280. The van der Waals surface area contributed by atoms with Crippen LogP contribution in [0.3, 0.4) is 0 Å². The second-order valence-corrected chi connectivity index (χ2v) is 9.58. The number of esters is 1. The van der Waals surface area contributed by atoms with Crippen molar-refractivity contribution in [3.8, 4) is 0 Å². The van der Waals surface area contributed by atoms with Crippen LogP contribution < -0.4 is 9.80 Å². The van der Waals surface area contributed by atoms with E-state index in [1.54, 1.807) is 30.0 Å². The van der Waals surface area contributed by atoms with E-state index in [1.807, 2.05) is 24.3 Å². The van der Waals surface area contributed by atoms with Gasteiger partial charge in [-0.1, -0.05) is 23.9 Å². The van der Waals surface area contributed by atoms with Crippen molar-refractivity contribution in [1.82, 2.24) is 0 Å². The van der Waals surface area contributed by atoms with Crippen molar-refractivity contribution in [2.75, 3.05) is 16.3 Å². The third-order valence-electron chi connectivity index (χ3n) is 6.28. The van der Waals surface area contributed by atoms with Gasteiger partial charge in [-0.2, -0.15) is 0 Å². The van der Waals surface area contributed by atoms with Gasteiger partial charge in [-0.05, 0) is 49.2 Å². The lowest BCUT2D eigenvalue weighted by Gasteiger charge is -2.29. The molecular weight excluding hydrogens is 428 g/mol. The standard InChI is InChI=1S/C24H22N2O5S/c1-14(22(29)17-7-8-18-16(13-17)10-12-25(18)15(2)27)31-23(30)24-11-9-21(28)26(24)19-5-3-4-6-20(19)32-24/h3-8,13-14H,9-12H2,1-2H3/t14-,24+/m1/s1. The van der Waals surface area contributed by atoms with Crippen molar-refractivity contribution in [2.24, 2.45) is 0 Å². The summed E-state index contributed by atoms with van der Waals surface area (Å²) in [5.74, 6) is -1.04. The Bertz CT molecular complexity index is 1180. The number of carbonyl (C=O) groups is 4. The fourth-order valence-corrected chi connectivity index (χ4v) is 6.10. The average molecular weight is 451 g/mol. The van der Waals surface area contributed by atoms with Crippen LogP contribution in [-0.4, -0.2) is 41.1 Å². The maximum Gasteiger partial charge on any atom is 0.344 e. The number of hydrogen-bond donors (Lipinski definition) is 0. The molecule has 2 aromatic rings. The first-order valence-corrected chi connectivity index (χ1v) is 11.4. The minimum Gasteiger partial charge on any atom is -0.452 e. The summed E-state index contributed by atoms with van der Waals surface area (Å²) in [6.45, 7) is 3.67. The smallest absolute Gasteiger partial charge is 0.344 e. The van der Waals surface area contributed by atoms with E-state index in [0.29, 0.717) is 30.6 Å². The highest BCUT2D eigenvalue weighted by Gasteiger charge is 2.59. The van der Waals surface area contributed by atoms with E-state index in [9.17, 15) is 19.2 Å². The molecule has 3 heterocycles. The molecule has 1 saturated heterocycles. The molecule has 1 fully saturated rings. The zero-order valence-electron chi connectivity index (χ0n) is 17.8. The van der Waals surface area contributed by atoms with Gasteiger partial charge in [0, 0.05) is 42.5 Å². The van der Waals surface area contributed by atoms with Crippen molar-refractivity contribution in [1.29, 1.82) is 0 Å². The number of rotatable bonds is 4. The normalized spacial score (nSPS) is 21.8. The fraction of sp³-hybridized carbons (Fsp3) is 0.333. The summed E-state index contributed by atoms with van der Waals surface area (Å²) in [5.41, 5.74) is 2.90. The van der Waals surface area contributed by atoms with E-state index in [4.69, 9.17) is 4.74 Å². The van der Waals surface area contributed by atoms with E-state index < -0.39 is 16.9 Å². The van der Waals surface area contributed by atoms with Crippen LogP contribution in [0, 0.1) is 0 Å². The number of para-hydroxylation sites is 1. The second-order valence-electron chi connectivity index (χ2n) is 8.26. The summed E-state index contributed by atoms with van der Waals surface area (Å²) in [4.78, 5) is 53.5. The monoisotopic (exact) mass is 450 g/mol. The van der Waals surface area contributed by atoms with E-state index in [-0.39, 0.29) is 24.0 Å². The van der Waals surface area contributed by atoms with Crippen molar-refractivity contribution in [2.45, 2.75) is 49.0 Å². The van der Waals surface area contributed by atoms with E-state index >= 15 is 0 Å². The Morgan fingerprint density at radius 3 is 2.66 bits per heavy atom. The van der Waals surface area contributed by atoms with Gasteiger partial charge in [0.2, 0.25) is 17.6 Å². The number of anilines is 2. The predicted octanol–water partition coefficient (Wildman–Crippen LogP) is 3.34. The third-order valence-corrected chi connectivity index (χ3v) is 7.74. The predicted molar refractivity (Wildman–Crippen MR) is 120 cm³/mol. The van der Waals surface area contributed by atoms with Gasteiger partial charge in [0.05, 0.1) is 5.69 Å². The highest BCUT2D eigenvalue weighted by Crippen LogP contribution is 2.56. The van der Waals surface area contributed by atoms with Crippen molar-refractivity contribution < 1.29 is 23.9 Å². The summed E-state index contributed by atoms with van der Waals surface area (Å²) in [7, 11) is 0. The average Bonchev–Trinajstić information content (AvgIpc) is 3.44. The number of ether oxygens (including phenoxy) is 1. The molecule has 0 bridgehead atoms. The summed E-state index contributed by atoms with van der Waals surface area (Å²) in [5, 5.41) is 0. The second kappa shape index (κ2) is 7.48. The highest BCUT2D eigenvalue weighted by atomic mass is 32.2. The van der Waals surface area contributed by atoms with Crippen LogP contribution in [0.15, 0.2) is 47.4 Å². The SMILES string of the molecule is CC(=O)N1CCc2cc(C(=O)[C@@H](C)OC(=O)[C@@]34CCC(=O)N3c3ccccc3S4)ccc21. The first-order valence-electron chi connectivity index (χ1n) is 10.6. The van der Waals surface area contributed by atoms with E-state index in [1.165, 1.54) is 23.6 Å². The number of hydrogen-bond acceptors (Lipinski definition) is 6. The van der Waals surface area contributed by atoms with Gasteiger partial charge in [0.25, 0.3) is 0 Å². The van der Waals surface area contributed by atoms with Gasteiger partial charge in [0.1, 0.15) is 0 Å². The Balaban J connectivity index is 1.35. The van der Waals surface area contributed by atoms with Gasteiger partial charge in [-0.25, -0.2) is 4.79 Å². The molecule has 0 radical (unpaired) electrons. The molecule has 8 heteroatoms. The van der Waals surface area contributed by atoms with Gasteiger partial charge < -0.3 is 9.64 Å². The van der Waals surface area contributed by atoms with Crippen LogP contribution in [-0.2, 0) is 25.5 Å². The Morgan fingerprint density at radius 2 is 1.88 bits per heavy atom. The van der Waals surface area contributed by atoms with Gasteiger partial charge in [0.15, 0.2) is 11.0 Å². The molecule has 164 valence electrons. The maximum atomic E-state index is 13.3. The van der Waals surface area contributed by atoms with Gasteiger partial charge in [-0.15, -0.1) is 0 Å². The van der Waals surface area contributed by atoms with Gasteiger partial charge >= 0.3 is 5.97 Å². The number of amides is 2. The molecule has 0 unspecified atom stereocenters. The lowest BCUT2D eigenvalue weighted by Crippen LogP contribution is -2.49. The number of benzene rings is 2. The Labute approximate surface area is 189 Å². The zero-order chi connectivity index (χ0) is 22.6. The van der Waals surface area contributed by atoms with Crippen molar-refractivity contribution >= 4 is 46.7 Å². The van der Waals surface area contributed by atoms with Crippen molar-refractivity contribution in [3.05, 3.63) is 53.6 Å². The lowest BCUT2D eigenvalue weighted by molar-refractivity contribution is -0.149. The quantitative estimate of drug-likeness (QED) is 0.525. The number of fused-ring (bicyclic) bond motifs is 4. The molecule has 0 aromatic heterocycles. The minimum atomic E-state index is -1.16. The van der Waals surface area contributed by atoms with Crippen LogP contribution in [0.25, 0.3) is 0 Å². The number of thioether (sulfide) groups is 1. The molecule has 32 heavy (non-hydrogen) atoms. The summed E-state index contributed by atoms with van der Waals surface area (Å²) >= 11 is 1.32. The minimum absolute atomic E-state index is 0.0323. The van der Waals surface area contributed by atoms with Gasteiger partial charge in [-0.3, -0.25) is 19.3 Å². The Morgan fingerprint density at radius 1 is 1.09 bits per heavy atom. The molecule has 3 aliphatic heterocycles. The molecule has 0 N–H and O–H groups in total. The number of nitrogens with zero attached hydrogens (tertiary/aromatic N) is 2. The topological polar surface area (TPSA) is 84.0 Å². The first-order chi connectivity index (χ1) is 15.3. The largest absolute Gasteiger partial charge is 0.452 e. The van der Waals surface area contributed by atoms with Crippen LogP contribution in [0.1, 0.15) is 42.6 Å². The van der Waals surface area contributed by atoms with Crippen LogP contribution in [0.5, 0.6) is 0 Å². The van der Waals surface area contributed by atoms with E-state index in [2.05, 4.69) is 0 Å². The van der Waals surface area contributed by atoms with E-state index in [0.717, 1.165) is 16.1 Å². The first kappa shape index (κ1) is 20.8. The zero-order valence-corrected chi connectivity index (χ0v) is 18.6.